The fourth-order valence-corrected chi connectivity index (χ4v) is 3.16. The summed E-state index contributed by atoms with van der Waals surface area (Å²) in [6.07, 6.45) is 5.32. The molecule has 4 heterocycles. The smallest absolute Gasteiger partial charge is 0.219 e. The van der Waals surface area contributed by atoms with Gasteiger partial charge in [0.2, 0.25) is 5.95 Å². The maximum atomic E-state index is 5.61. The van der Waals surface area contributed by atoms with Crippen molar-refractivity contribution in [1.29, 1.82) is 0 Å². The second-order valence-corrected chi connectivity index (χ2v) is 6.29. The van der Waals surface area contributed by atoms with E-state index in [1.165, 1.54) is 0 Å². The zero-order chi connectivity index (χ0) is 17.1. The second-order valence-electron chi connectivity index (χ2n) is 6.29. The number of morpholine rings is 1. The van der Waals surface area contributed by atoms with Gasteiger partial charge in [0, 0.05) is 56.2 Å². The average Bonchev–Trinajstić information content (AvgIpc) is 2.69. The molecular weight excluding hydrogens is 320 g/mol. The molecule has 8 nitrogen and oxygen atoms in total. The number of nitrogen functional groups attached to an aromatic ring is 1. The lowest BCUT2D eigenvalue weighted by Crippen LogP contribution is -2.37. The molecule has 2 aromatic rings. The van der Waals surface area contributed by atoms with E-state index in [4.69, 9.17) is 25.2 Å². The lowest BCUT2D eigenvalue weighted by Gasteiger charge is -2.29. The van der Waals surface area contributed by atoms with E-state index in [0.29, 0.717) is 5.92 Å². The number of anilines is 2. The van der Waals surface area contributed by atoms with Gasteiger partial charge in [0.05, 0.1) is 18.9 Å². The largest absolute Gasteiger partial charge is 0.381 e. The van der Waals surface area contributed by atoms with E-state index < -0.39 is 0 Å². The maximum Gasteiger partial charge on any atom is 0.219 e. The summed E-state index contributed by atoms with van der Waals surface area (Å²) in [7, 11) is 0. The predicted molar refractivity (Wildman–Crippen MR) is 93.3 cm³/mol. The second kappa shape index (κ2) is 7.28. The van der Waals surface area contributed by atoms with Crippen LogP contribution in [-0.2, 0) is 9.47 Å². The molecule has 2 aliphatic heterocycles. The van der Waals surface area contributed by atoms with Crippen molar-refractivity contribution < 1.29 is 9.47 Å². The number of hydrogen-bond donors (Lipinski definition) is 1. The summed E-state index contributed by atoms with van der Waals surface area (Å²) >= 11 is 0. The van der Waals surface area contributed by atoms with Gasteiger partial charge in [-0.25, -0.2) is 19.9 Å². The van der Waals surface area contributed by atoms with Crippen molar-refractivity contribution in [2.45, 2.75) is 18.8 Å². The SMILES string of the molecule is Nc1ncc(-c2cc(N3CCOCC3)nc(C3CCOCC3)n2)cn1. The molecule has 2 aromatic heterocycles. The van der Waals surface area contributed by atoms with E-state index in [0.717, 1.165) is 75.3 Å². The molecule has 0 saturated carbocycles. The van der Waals surface area contributed by atoms with Gasteiger partial charge in [-0.3, -0.25) is 0 Å². The number of aromatic nitrogens is 4. The monoisotopic (exact) mass is 342 g/mol. The van der Waals surface area contributed by atoms with Crippen LogP contribution in [-0.4, -0.2) is 59.5 Å². The molecule has 2 aliphatic rings. The zero-order valence-electron chi connectivity index (χ0n) is 14.1. The summed E-state index contributed by atoms with van der Waals surface area (Å²) in [5.74, 6) is 2.39. The minimum Gasteiger partial charge on any atom is -0.381 e. The fraction of sp³-hybridized carbons (Fsp3) is 0.529. The highest BCUT2D eigenvalue weighted by Gasteiger charge is 2.22. The van der Waals surface area contributed by atoms with E-state index in [1.54, 1.807) is 12.4 Å². The highest BCUT2D eigenvalue weighted by molar-refractivity contribution is 5.62. The number of hydrogen-bond acceptors (Lipinski definition) is 8. The van der Waals surface area contributed by atoms with Crippen LogP contribution in [0, 0.1) is 0 Å². The molecule has 0 aliphatic carbocycles. The Balaban J connectivity index is 1.72. The molecule has 0 unspecified atom stereocenters. The molecule has 0 radical (unpaired) electrons. The van der Waals surface area contributed by atoms with Crippen LogP contribution in [0.4, 0.5) is 11.8 Å². The number of ether oxygens (including phenoxy) is 2. The third-order valence-electron chi connectivity index (χ3n) is 4.62. The van der Waals surface area contributed by atoms with Crippen molar-refractivity contribution in [3.8, 4) is 11.3 Å². The summed E-state index contributed by atoms with van der Waals surface area (Å²) in [6, 6.07) is 2.00. The van der Waals surface area contributed by atoms with E-state index in [1.807, 2.05) is 6.07 Å². The van der Waals surface area contributed by atoms with Gasteiger partial charge in [-0.2, -0.15) is 0 Å². The summed E-state index contributed by atoms with van der Waals surface area (Å²) in [5, 5.41) is 0. The molecule has 4 rings (SSSR count). The van der Waals surface area contributed by atoms with Crippen LogP contribution in [0.5, 0.6) is 0 Å². The van der Waals surface area contributed by atoms with Crippen LogP contribution in [0.15, 0.2) is 18.5 Å². The molecule has 132 valence electrons. The highest BCUT2D eigenvalue weighted by Crippen LogP contribution is 2.29. The molecule has 2 N–H and O–H groups in total. The molecule has 0 spiro atoms. The van der Waals surface area contributed by atoms with Gasteiger partial charge < -0.3 is 20.1 Å². The van der Waals surface area contributed by atoms with Gasteiger partial charge in [0.25, 0.3) is 0 Å². The van der Waals surface area contributed by atoms with Crippen molar-refractivity contribution in [3.05, 3.63) is 24.3 Å². The number of nitrogens with two attached hydrogens (primary N) is 1. The predicted octanol–water partition coefficient (Wildman–Crippen LogP) is 1.25. The normalized spacial score (nSPS) is 19.1. The van der Waals surface area contributed by atoms with Gasteiger partial charge in [-0.05, 0) is 12.8 Å². The van der Waals surface area contributed by atoms with Crippen LogP contribution in [0.25, 0.3) is 11.3 Å². The van der Waals surface area contributed by atoms with Gasteiger partial charge >= 0.3 is 0 Å². The van der Waals surface area contributed by atoms with Gasteiger partial charge in [0.1, 0.15) is 11.6 Å². The topological polar surface area (TPSA) is 99.3 Å². The van der Waals surface area contributed by atoms with E-state index in [-0.39, 0.29) is 5.95 Å². The molecule has 25 heavy (non-hydrogen) atoms. The quantitative estimate of drug-likeness (QED) is 0.889. The molecule has 8 heteroatoms. The Morgan fingerprint density at radius 1 is 0.960 bits per heavy atom. The lowest BCUT2D eigenvalue weighted by atomic mass is 9.99. The Morgan fingerprint density at radius 2 is 1.64 bits per heavy atom. The summed E-state index contributed by atoms with van der Waals surface area (Å²) in [4.78, 5) is 20.1. The zero-order valence-corrected chi connectivity index (χ0v) is 14.1. The molecule has 0 bridgehead atoms. The Kier molecular flexibility index (Phi) is 4.71. The van der Waals surface area contributed by atoms with Crippen LogP contribution in [0.3, 0.4) is 0 Å². The van der Waals surface area contributed by atoms with Crippen LogP contribution in [0.2, 0.25) is 0 Å². The molecule has 0 atom stereocenters. The van der Waals surface area contributed by atoms with Crippen molar-refractivity contribution >= 4 is 11.8 Å². The first kappa shape index (κ1) is 16.2. The number of rotatable bonds is 3. The van der Waals surface area contributed by atoms with E-state index in [9.17, 15) is 0 Å². The third kappa shape index (κ3) is 3.69. The standard InChI is InChI=1S/C17H22N6O2/c18-17-19-10-13(11-20-17)14-9-15(23-3-7-25-8-4-23)22-16(21-14)12-1-5-24-6-2-12/h9-12H,1-8H2,(H2,18,19,20). The summed E-state index contributed by atoms with van der Waals surface area (Å²) in [6.45, 7) is 4.63. The van der Waals surface area contributed by atoms with Gasteiger partial charge in [-0.15, -0.1) is 0 Å². The summed E-state index contributed by atoms with van der Waals surface area (Å²) in [5.41, 5.74) is 7.29. The molecule has 2 fully saturated rings. The lowest BCUT2D eigenvalue weighted by molar-refractivity contribution is 0.0836. The first-order valence-corrected chi connectivity index (χ1v) is 8.67. The van der Waals surface area contributed by atoms with Gasteiger partial charge in [-0.1, -0.05) is 0 Å². The number of nitrogens with zero attached hydrogens (tertiary/aromatic N) is 5. The van der Waals surface area contributed by atoms with Crippen molar-refractivity contribution in [2.75, 3.05) is 50.2 Å². The van der Waals surface area contributed by atoms with Crippen LogP contribution in [0.1, 0.15) is 24.6 Å². The first-order valence-electron chi connectivity index (χ1n) is 8.67. The molecule has 2 saturated heterocycles. The van der Waals surface area contributed by atoms with E-state index >= 15 is 0 Å². The third-order valence-corrected chi connectivity index (χ3v) is 4.62. The van der Waals surface area contributed by atoms with Crippen molar-refractivity contribution in [3.63, 3.8) is 0 Å². The van der Waals surface area contributed by atoms with Crippen LogP contribution < -0.4 is 10.6 Å². The minimum atomic E-state index is 0.260. The van der Waals surface area contributed by atoms with Gasteiger partial charge in [0.15, 0.2) is 0 Å². The molecular formula is C17H22N6O2. The average molecular weight is 342 g/mol. The van der Waals surface area contributed by atoms with Crippen molar-refractivity contribution in [1.82, 2.24) is 19.9 Å². The maximum absolute atomic E-state index is 5.61. The van der Waals surface area contributed by atoms with E-state index in [2.05, 4.69) is 14.9 Å². The minimum absolute atomic E-state index is 0.260. The van der Waals surface area contributed by atoms with Crippen molar-refractivity contribution in [2.24, 2.45) is 0 Å². The Labute approximate surface area is 146 Å². The fourth-order valence-electron chi connectivity index (χ4n) is 3.16. The Hall–Kier alpha value is -2.32. The van der Waals surface area contributed by atoms with Crippen LogP contribution >= 0.6 is 0 Å². The highest BCUT2D eigenvalue weighted by atomic mass is 16.5. The Bertz CT molecular complexity index is 675. The Morgan fingerprint density at radius 3 is 2.36 bits per heavy atom. The molecule has 0 amide bonds. The summed E-state index contributed by atoms with van der Waals surface area (Å²) < 4.78 is 10.9. The first-order chi connectivity index (χ1) is 12.3. The molecule has 0 aromatic carbocycles.